The molecule has 3 aliphatic rings. The third-order valence-corrected chi connectivity index (χ3v) is 5.33. The summed E-state index contributed by atoms with van der Waals surface area (Å²) in [5.74, 6) is -1.47. The zero-order valence-corrected chi connectivity index (χ0v) is 14.2. The second-order valence-electron chi connectivity index (χ2n) is 6.05. The van der Waals surface area contributed by atoms with Crippen molar-refractivity contribution in [3.8, 4) is 0 Å². The maximum absolute atomic E-state index is 13.0. The second-order valence-corrected chi connectivity index (χ2v) is 6.97. The Morgan fingerprint density at radius 3 is 2.87 bits per heavy atom. The fourth-order valence-corrected chi connectivity index (χ4v) is 4.11. The van der Waals surface area contributed by atoms with Gasteiger partial charge in [0.1, 0.15) is 11.5 Å². The van der Waals surface area contributed by atoms with Gasteiger partial charge in [0.2, 0.25) is 5.91 Å². The van der Waals surface area contributed by atoms with Crippen LogP contribution in [0.4, 0.5) is 5.69 Å². The van der Waals surface area contributed by atoms with Crippen LogP contribution < -0.4 is 4.90 Å². The van der Waals surface area contributed by atoms with Crippen molar-refractivity contribution in [2.45, 2.75) is 18.6 Å². The van der Waals surface area contributed by atoms with Crippen molar-refractivity contribution in [2.24, 2.45) is 11.8 Å². The molecule has 3 heterocycles. The summed E-state index contributed by atoms with van der Waals surface area (Å²) in [6.07, 6.45) is 3.47. The van der Waals surface area contributed by atoms with Crippen LogP contribution in [0, 0.1) is 11.8 Å². The van der Waals surface area contributed by atoms with E-state index in [1.807, 2.05) is 36.4 Å². The summed E-state index contributed by atoms with van der Waals surface area (Å²) in [6.45, 7) is 2.50. The number of ether oxygens (including phenoxy) is 2. The normalized spacial score (nSPS) is 34.1. The number of amides is 1. The van der Waals surface area contributed by atoms with Crippen molar-refractivity contribution in [2.75, 3.05) is 18.1 Å². The minimum atomic E-state index is -0.702. The number of esters is 1. The molecule has 2 fully saturated rings. The minimum absolute atomic E-state index is 0.0720. The lowest BCUT2D eigenvalue weighted by Crippen LogP contribution is -2.40. The molecule has 0 saturated carbocycles. The van der Waals surface area contributed by atoms with Crippen LogP contribution in [0.15, 0.2) is 40.9 Å². The molecule has 0 aliphatic carbocycles. The molecule has 0 radical (unpaired) electrons. The van der Waals surface area contributed by atoms with E-state index in [-0.39, 0.29) is 18.0 Å². The van der Waals surface area contributed by atoms with Crippen LogP contribution in [0.1, 0.15) is 6.92 Å². The quantitative estimate of drug-likeness (QED) is 0.598. The number of fused-ring (bicyclic) bond motifs is 1. The molecule has 0 N–H and O–H groups in total. The zero-order valence-electron chi connectivity index (χ0n) is 12.6. The van der Waals surface area contributed by atoms with Crippen LogP contribution in [0.3, 0.4) is 0 Å². The van der Waals surface area contributed by atoms with Crippen LogP contribution in [0.25, 0.3) is 0 Å². The van der Waals surface area contributed by atoms with E-state index in [2.05, 4.69) is 15.9 Å². The first kappa shape index (κ1) is 14.9. The monoisotopic (exact) mass is 377 g/mol. The average molecular weight is 378 g/mol. The van der Waals surface area contributed by atoms with Crippen LogP contribution >= 0.6 is 15.9 Å². The van der Waals surface area contributed by atoms with Crippen LogP contribution in [0.5, 0.6) is 0 Å². The molecule has 1 spiro atoms. The molecule has 23 heavy (non-hydrogen) atoms. The Morgan fingerprint density at radius 2 is 2.17 bits per heavy atom. The lowest BCUT2D eigenvalue weighted by atomic mass is 9.77. The first-order valence-electron chi connectivity index (χ1n) is 7.66. The Balaban J connectivity index is 1.68. The van der Waals surface area contributed by atoms with Crippen molar-refractivity contribution >= 4 is 33.5 Å². The Labute approximate surface area is 142 Å². The predicted molar refractivity (Wildman–Crippen MR) is 86.9 cm³/mol. The number of hydrogen-bond acceptors (Lipinski definition) is 4. The molecule has 3 aliphatic heterocycles. The highest BCUT2D eigenvalue weighted by molar-refractivity contribution is 9.10. The second kappa shape index (κ2) is 5.18. The average Bonchev–Trinajstić information content (AvgIpc) is 3.17. The maximum Gasteiger partial charge on any atom is 0.312 e. The van der Waals surface area contributed by atoms with Gasteiger partial charge in [-0.15, -0.1) is 0 Å². The molecule has 0 aromatic heterocycles. The van der Waals surface area contributed by atoms with Gasteiger partial charge in [-0.3, -0.25) is 9.59 Å². The van der Waals surface area contributed by atoms with Gasteiger partial charge in [-0.1, -0.05) is 28.1 Å². The van der Waals surface area contributed by atoms with Gasteiger partial charge in [0, 0.05) is 10.2 Å². The van der Waals surface area contributed by atoms with E-state index in [0.29, 0.717) is 13.2 Å². The summed E-state index contributed by atoms with van der Waals surface area (Å²) in [5, 5.41) is 0. The van der Waals surface area contributed by atoms with Gasteiger partial charge in [0.25, 0.3) is 0 Å². The third kappa shape index (κ3) is 2.08. The lowest BCUT2D eigenvalue weighted by Gasteiger charge is -2.22. The zero-order chi connectivity index (χ0) is 16.2. The van der Waals surface area contributed by atoms with E-state index >= 15 is 0 Å². The first-order chi connectivity index (χ1) is 11.1. The van der Waals surface area contributed by atoms with E-state index in [4.69, 9.17) is 9.47 Å². The SMILES string of the molecule is CCOC(=O)[C@@H]1[C@@H]2C=C[C@]3(CN(c4ccc(Br)cc4)C(=O)[C@H]13)O2. The smallest absolute Gasteiger partial charge is 0.312 e. The highest BCUT2D eigenvalue weighted by atomic mass is 79.9. The van der Waals surface area contributed by atoms with E-state index in [9.17, 15) is 9.59 Å². The standard InChI is InChI=1S/C17H16BrNO4/c1-2-22-16(21)13-12-7-8-17(23-12)9-19(15(20)14(13)17)11-5-3-10(18)4-6-11/h3-8,12-14H,2,9H2,1H3/t12-,13+,14-,17+/m0/s1. The van der Waals surface area contributed by atoms with Gasteiger partial charge < -0.3 is 14.4 Å². The number of anilines is 1. The van der Waals surface area contributed by atoms with E-state index in [1.54, 1.807) is 11.8 Å². The van der Waals surface area contributed by atoms with Crippen molar-refractivity contribution in [3.63, 3.8) is 0 Å². The highest BCUT2D eigenvalue weighted by Crippen LogP contribution is 2.52. The molecule has 1 aromatic rings. The Hall–Kier alpha value is -1.66. The summed E-state index contributed by atoms with van der Waals surface area (Å²) < 4.78 is 12.1. The number of benzene rings is 1. The summed E-state index contributed by atoms with van der Waals surface area (Å²) in [5.41, 5.74) is 0.108. The first-order valence-corrected chi connectivity index (χ1v) is 8.46. The van der Waals surface area contributed by atoms with Gasteiger partial charge in [-0.2, -0.15) is 0 Å². The van der Waals surface area contributed by atoms with Crippen molar-refractivity contribution in [1.82, 2.24) is 0 Å². The molecule has 4 rings (SSSR count). The van der Waals surface area contributed by atoms with Gasteiger partial charge in [0.05, 0.1) is 25.2 Å². The highest BCUT2D eigenvalue weighted by Gasteiger charge is 2.67. The number of nitrogens with zero attached hydrogens (tertiary/aromatic N) is 1. The van der Waals surface area contributed by atoms with Crippen LogP contribution in [-0.4, -0.2) is 36.7 Å². The van der Waals surface area contributed by atoms with Crippen molar-refractivity contribution in [1.29, 1.82) is 0 Å². The van der Waals surface area contributed by atoms with E-state index in [0.717, 1.165) is 10.2 Å². The Kier molecular flexibility index (Phi) is 3.35. The summed E-state index contributed by atoms with van der Waals surface area (Å²) in [7, 11) is 0. The predicted octanol–water partition coefficient (Wildman–Crippen LogP) is 2.30. The van der Waals surface area contributed by atoms with Crippen molar-refractivity contribution < 1.29 is 19.1 Å². The molecule has 2 bridgehead atoms. The number of carbonyl (C=O) groups is 2. The molecule has 5 nitrogen and oxygen atoms in total. The molecule has 2 saturated heterocycles. The summed E-state index contributed by atoms with van der Waals surface area (Å²) in [4.78, 5) is 27.0. The lowest BCUT2D eigenvalue weighted by molar-refractivity contribution is -0.151. The topological polar surface area (TPSA) is 55.8 Å². The van der Waals surface area contributed by atoms with Gasteiger partial charge >= 0.3 is 5.97 Å². The van der Waals surface area contributed by atoms with Crippen LogP contribution in [-0.2, 0) is 19.1 Å². The molecular weight excluding hydrogens is 362 g/mol. The fraction of sp³-hybridized carbons (Fsp3) is 0.412. The molecule has 120 valence electrons. The maximum atomic E-state index is 13.0. The molecule has 1 aromatic carbocycles. The Morgan fingerprint density at radius 1 is 1.43 bits per heavy atom. The molecule has 4 atom stereocenters. The van der Waals surface area contributed by atoms with Gasteiger partial charge in [-0.05, 0) is 31.2 Å². The molecule has 1 amide bonds. The van der Waals surface area contributed by atoms with Gasteiger partial charge in [-0.25, -0.2) is 0 Å². The summed E-state index contributed by atoms with van der Waals surface area (Å²) >= 11 is 3.39. The van der Waals surface area contributed by atoms with Gasteiger partial charge in [0.15, 0.2) is 0 Å². The number of hydrogen-bond donors (Lipinski definition) is 0. The van der Waals surface area contributed by atoms with Crippen LogP contribution in [0.2, 0.25) is 0 Å². The van der Waals surface area contributed by atoms with E-state index < -0.39 is 17.4 Å². The molecule has 6 heteroatoms. The third-order valence-electron chi connectivity index (χ3n) is 4.80. The van der Waals surface area contributed by atoms with E-state index in [1.165, 1.54) is 0 Å². The number of halogens is 1. The number of carbonyl (C=O) groups excluding carboxylic acids is 2. The number of rotatable bonds is 3. The minimum Gasteiger partial charge on any atom is -0.466 e. The molecule has 0 unspecified atom stereocenters. The van der Waals surface area contributed by atoms with Crippen molar-refractivity contribution in [3.05, 3.63) is 40.9 Å². The Bertz CT molecular complexity index is 701. The molecular formula is C17H16BrNO4. The largest absolute Gasteiger partial charge is 0.466 e. The summed E-state index contributed by atoms with van der Waals surface area (Å²) in [6, 6.07) is 7.56. The fourth-order valence-electron chi connectivity index (χ4n) is 3.85.